The van der Waals surface area contributed by atoms with E-state index in [4.69, 9.17) is 9.47 Å². The molecule has 0 radical (unpaired) electrons. The van der Waals surface area contributed by atoms with Crippen LogP contribution < -0.4 is 5.32 Å². The summed E-state index contributed by atoms with van der Waals surface area (Å²) in [5, 5.41) is 54.6. The Morgan fingerprint density at radius 2 is 0.808 bits per heavy atom. The zero-order chi connectivity index (χ0) is 56.5. The molecular formula is C69H119NO8. The van der Waals surface area contributed by atoms with Gasteiger partial charge in [-0.05, 0) is 96.3 Å². The largest absolute Gasteiger partial charge is 0.394 e. The average Bonchev–Trinajstić information content (AvgIpc) is 3.45. The van der Waals surface area contributed by atoms with Crippen LogP contribution in [0.15, 0.2) is 109 Å². The van der Waals surface area contributed by atoms with Crippen molar-refractivity contribution in [3.63, 3.8) is 0 Å². The van der Waals surface area contributed by atoms with Crippen LogP contribution in [0.25, 0.3) is 0 Å². The van der Waals surface area contributed by atoms with E-state index in [1.807, 2.05) is 6.08 Å². The molecule has 0 aromatic heterocycles. The predicted molar refractivity (Wildman–Crippen MR) is 331 cm³/mol. The van der Waals surface area contributed by atoms with Crippen molar-refractivity contribution in [3.05, 3.63) is 109 Å². The molecule has 1 saturated heterocycles. The van der Waals surface area contributed by atoms with E-state index in [2.05, 4.69) is 116 Å². The van der Waals surface area contributed by atoms with Crippen molar-refractivity contribution >= 4 is 5.91 Å². The van der Waals surface area contributed by atoms with Crippen LogP contribution in [-0.4, -0.2) is 87.5 Å². The second kappa shape index (κ2) is 57.1. The lowest BCUT2D eigenvalue weighted by Crippen LogP contribution is -2.60. The Hall–Kier alpha value is -3.15. The van der Waals surface area contributed by atoms with Crippen molar-refractivity contribution in [1.29, 1.82) is 0 Å². The van der Waals surface area contributed by atoms with Crippen LogP contribution in [0.1, 0.15) is 264 Å². The van der Waals surface area contributed by atoms with Gasteiger partial charge in [-0.15, -0.1) is 0 Å². The molecule has 1 fully saturated rings. The highest BCUT2D eigenvalue weighted by Crippen LogP contribution is 2.23. The number of ether oxygens (including phenoxy) is 2. The zero-order valence-corrected chi connectivity index (χ0v) is 49.9. The Bertz CT molecular complexity index is 1590. The summed E-state index contributed by atoms with van der Waals surface area (Å²) in [4.78, 5) is 13.1. The fraction of sp³-hybridized carbons (Fsp3) is 0.725. The molecule has 1 aliphatic heterocycles. The minimum absolute atomic E-state index is 0.202. The number of aliphatic hydroxyl groups is 5. The molecule has 0 aromatic carbocycles. The Kier molecular flexibility index (Phi) is 53.3. The standard InChI is InChI=1S/C69H119NO8/c1-3-5-7-9-11-13-15-17-19-21-23-25-27-29-31-33-34-36-38-40-42-44-46-48-50-52-54-56-58-63(72)62(61-77-69-68(76)67(75)66(74)64(60-71)78-69)70-65(73)59-57-55-53-51-49-47-45-43-41-39-37-35-32-30-28-26-24-22-20-18-16-14-12-10-8-6-4-2/h6,8,12,14,18,20,24,26,30,32,37,39-40,42,48,50,56,58,62-64,66-69,71-72,74-76H,3-5,7,9-11,13,15-17,19,21-23,25,27-29,31,33-36,38,41,43-47,49,51-55,57,59-61H2,1-2H3,(H,70,73)/b8-6-,14-12-,20-18-,26-24-,32-30-,39-37-,42-40+,50-48+,58-56+. The van der Waals surface area contributed by atoms with Crippen LogP contribution in [0.3, 0.4) is 0 Å². The highest BCUT2D eigenvalue weighted by molar-refractivity contribution is 5.76. The molecule has 7 unspecified atom stereocenters. The van der Waals surface area contributed by atoms with Crippen LogP contribution in [0.4, 0.5) is 0 Å². The third-order valence-corrected chi connectivity index (χ3v) is 14.6. The smallest absolute Gasteiger partial charge is 0.220 e. The summed E-state index contributed by atoms with van der Waals surface area (Å²) in [6, 6.07) is -0.842. The first-order valence-electron chi connectivity index (χ1n) is 32.1. The number of nitrogens with one attached hydrogen (secondary N) is 1. The van der Waals surface area contributed by atoms with Crippen molar-refractivity contribution in [2.45, 2.75) is 307 Å². The quantitative estimate of drug-likeness (QED) is 0.0261. The second-order valence-electron chi connectivity index (χ2n) is 21.8. The van der Waals surface area contributed by atoms with Crippen molar-refractivity contribution in [1.82, 2.24) is 5.32 Å². The van der Waals surface area contributed by atoms with Crippen molar-refractivity contribution in [2.75, 3.05) is 13.2 Å². The average molecular weight is 1090 g/mol. The number of amides is 1. The van der Waals surface area contributed by atoms with Crippen LogP contribution in [0, 0.1) is 0 Å². The van der Waals surface area contributed by atoms with Crippen LogP contribution in [-0.2, 0) is 14.3 Å². The first-order valence-corrected chi connectivity index (χ1v) is 32.1. The number of carbonyl (C=O) groups is 1. The molecular weight excluding hydrogens is 971 g/mol. The number of hydrogen-bond acceptors (Lipinski definition) is 8. The van der Waals surface area contributed by atoms with E-state index >= 15 is 0 Å². The molecule has 1 heterocycles. The summed E-state index contributed by atoms with van der Waals surface area (Å²) in [5.41, 5.74) is 0. The van der Waals surface area contributed by atoms with Crippen LogP contribution >= 0.6 is 0 Å². The summed E-state index contributed by atoms with van der Waals surface area (Å²) in [6.45, 7) is 3.65. The lowest BCUT2D eigenvalue weighted by atomic mass is 9.99. The van der Waals surface area contributed by atoms with Gasteiger partial charge in [0.15, 0.2) is 6.29 Å². The first-order chi connectivity index (χ1) is 38.3. The second-order valence-corrected chi connectivity index (χ2v) is 21.8. The highest BCUT2D eigenvalue weighted by Gasteiger charge is 2.44. The molecule has 0 aliphatic carbocycles. The Labute approximate surface area is 478 Å². The molecule has 1 amide bonds. The van der Waals surface area contributed by atoms with E-state index in [1.54, 1.807) is 6.08 Å². The van der Waals surface area contributed by atoms with E-state index in [9.17, 15) is 30.3 Å². The maximum atomic E-state index is 13.1. The summed E-state index contributed by atoms with van der Waals surface area (Å²) in [7, 11) is 0. The van der Waals surface area contributed by atoms with Crippen molar-refractivity contribution in [2.24, 2.45) is 0 Å². The third kappa shape index (κ3) is 45.6. The minimum Gasteiger partial charge on any atom is -0.394 e. The number of carbonyl (C=O) groups excluding carboxylic acids is 1. The summed E-state index contributed by atoms with van der Waals surface area (Å²) in [5.74, 6) is -0.202. The fourth-order valence-electron chi connectivity index (χ4n) is 9.55. The van der Waals surface area contributed by atoms with E-state index in [1.165, 1.54) is 148 Å². The van der Waals surface area contributed by atoms with Gasteiger partial charge in [0.1, 0.15) is 24.4 Å². The molecule has 0 bridgehead atoms. The fourth-order valence-corrected chi connectivity index (χ4v) is 9.55. The van der Waals surface area contributed by atoms with Gasteiger partial charge in [-0.2, -0.15) is 0 Å². The number of unbranched alkanes of at least 4 members (excludes halogenated alkanes) is 28. The number of allylic oxidation sites excluding steroid dienone is 17. The van der Waals surface area contributed by atoms with Gasteiger partial charge in [0.05, 0.1) is 25.4 Å². The van der Waals surface area contributed by atoms with E-state index in [0.29, 0.717) is 6.42 Å². The molecule has 9 nitrogen and oxygen atoms in total. The Morgan fingerprint density at radius 3 is 1.23 bits per heavy atom. The van der Waals surface area contributed by atoms with Gasteiger partial charge in [0.25, 0.3) is 0 Å². The highest BCUT2D eigenvalue weighted by atomic mass is 16.7. The number of rotatable bonds is 54. The van der Waals surface area contributed by atoms with Gasteiger partial charge in [0.2, 0.25) is 5.91 Å². The van der Waals surface area contributed by atoms with Gasteiger partial charge in [0, 0.05) is 6.42 Å². The van der Waals surface area contributed by atoms with E-state index in [0.717, 1.165) is 96.3 Å². The summed E-state index contributed by atoms with van der Waals surface area (Å²) < 4.78 is 11.3. The molecule has 1 rings (SSSR count). The number of hydrogen-bond donors (Lipinski definition) is 6. The van der Waals surface area contributed by atoms with Gasteiger partial charge in [-0.3, -0.25) is 4.79 Å². The molecule has 0 saturated carbocycles. The van der Waals surface area contributed by atoms with Gasteiger partial charge in [-0.25, -0.2) is 0 Å². The molecule has 1 aliphatic rings. The Balaban J connectivity index is 2.24. The van der Waals surface area contributed by atoms with Gasteiger partial charge >= 0.3 is 0 Å². The molecule has 78 heavy (non-hydrogen) atoms. The van der Waals surface area contributed by atoms with Gasteiger partial charge < -0.3 is 40.3 Å². The topological polar surface area (TPSA) is 149 Å². The summed E-state index contributed by atoms with van der Waals surface area (Å²) in [6.07, 6.45) is 77.4. The van der Waals surface area contributed by atoms with E-state index in [-0.39, 0.29) is 12.5 Å². The maximum Gasteiger partial charge on any atom is 0.220 e. The third-order valence-electron chi connectivity index (χ3n) is 14.6. The van der Waals surface area contributed by atoms with E-state index < -0.39 is 49.5 Å². The molecule has 9 heteroatoms. The number of aliphatic hydroxyl groups excluding tert-OH is 5. The lowest BCUT2D eigenvalue weighted by Gasteiger charge is -2.40. The molecule has 7 atom stereocenters. The molecule has 448 valence electrons. The normalized spacial score (nSPS) is 19.4. The monoisotopic (exact) mass is 1090 g/mol. The Morgan fingerprint density at radius 1 is 0.449 bits per heavy atom. The van der Waals surface area contributed by atoms with Crippen molar-refractivity contribution < 1.29 is 39.8 Å². The zero-order valence-electron chi connectivity index (χ0n) is 49.9. The molecule has 0 aromatic rings. The molecule has 0 spiro atoms. The van der Waals surface area contributed by atoms with Crippen LogP contribution in [0.2, 0.25) is 0 Å². The predicted octanol–water partition coefficient (Wildman–Crippen LogP) is 16.9. The van der Waals surface area contributed by atoms with Crippen LogP contribution in [0.5, 0.6) is 0 Å². The van der Waals surface area contributed by atoms with Crippen molar-refractivity contribution in [3.8, 4) is 0 Å². The summed E-state index contributed by atoms with van der Waals surface area (Å²) >= 11 is 0. The first kappa shape index (κ1) is 72.9. The van der Waals surface area contributed by atoms with Gasteiger partial charge in [-0.1, -0.05) is 271 Å². The molecule has 6 N–H and O–H groups in total. The lowest BCUT2D eigenvalue weighted by molar-refractivity contribution is -0.302. The minimum atomic E-state index is -1.58. The maximum absolute atomic E-state index is 13.1. The SMILES string of the molecule is CC/C=C\C/C=C\C/C=C\C/C=C\C/C=C\C/C=C\CCCCCCCCCCC(=O)NC(COC1OC(CO)C(O)C(O)C1O)C(O)/C=C/CC/C=C/CC/C=C/CCCCCCCCCCCCCCCCCCCC.